The number of rotatable bonds is 7. The Morgan fingerprint density at radius 3 is 2.42 bits per heavy atom. The predicted molar refractivity (Wildman–Crippen MR) is 138 cm³/mol. The molecule has 1 aromatic heterocycles. The number of aromatic nitrogens is 2. The number of aryl methyl sites for hydroxylation is 1. The number of guanidine groups is 1. The maximum Gasteiger partial charge on any atom is 0.233 e. The van der Waals surface area contributed by atoms with Crippen LogP contribution in [0.25, 0.3) is 11.0 Å². The minimum atomic E-state index is -0.109. The van der Waals surface area contributed by atoms with Crippen LogP contribution in [-0.4, -0.2) is 58.9 Å². The summed E-state index contributed by atoms with van der Waals surface area (Å²) < 4.78 is 2.19. The largest absolute Gasteiger partial charge is 0.356 e. The highest BCUT2D eigenvalue weighted by molar-refractivity contribution is 14.0. The number of imide groups is 1. The molecule has 1 saturated heterocycles. The van der Waals surface area contributed by atoms with Crippen molar-refractivity contribution in [1.29, 1.82) is 0 Å². The SMILES string of the molecule is CN=C(NCCCN1C(=O)C2C3C=CC(C3)C2C1=O)NCCn1c(C)nc2ccccc21.I. The number of carbonyl (C=O) groups excluding carboxylic acids is 2. The molecule has 2 aromatic rings. The lowest BCUT2D eigenvalue weighted by molar-refractivity contribution is -0.140. The van der Waals surface area contributed by atoms with Gasteiger partial charge in [-0.25, -0.2) is 4.98 Å². The van der Waals surface area contributed by atoms with Gasteiger partial charge in [-0.05, 0) is 43.7 Å². The number of nitrogens with one attached hydrogen (secondary N) is 2. The number of carbonyl (C=O) groups is 2. The Balaban J connectivity index is 0.00000259. The molecule has 1 aromatic carbocycles. The van der Waals surface area contributed by atoms with Gasteiger partial charge < -0.3 is 15.2 Å². The molecular formula is C24H31IN6O2. The number of fused-ring (bicyclic) bond motifs is 6. The highest BCUT2D eigenvalue weighted by Gasteiger charge is 2.58. The van der Waals surface area contributed by atoms with Gasteiger partial charge in [0, 0.05) is 33.2 Å². The normalized spacial score (nSPS) is 25.6. The van der Waals surface area contributed by atoms with E-state index >= 15 is 0 Å². The van der Waals surface area contributed by atoms with Gasteiger partial charge in [-0.15, -0.1) is 24.0 Å². The quantitative estimate of drug-likeness (QED) is 0.135. The fourth-order valence-electron chi connectivity index (χ4n) is 5.61. The van der Waals surface area contributed by atoms with Crippen LogP contribution in [0.1, 0.15) is 18.7 Å². The first-order valence-electron chi connectivity index (χ1n) is 11.5. The molecule has 8 nitrogen and oxygen atoms in total. The Morgan fingerprint density at radius 2 is 1.73 bits per heavy atom. The van der Waals surface area contributed by atoms with Crippen LogP contribution in [0.2, 0.25) is 0 Å². The molecule has 3 aliphatic rings. The number of likely N-dealkylation sites (tertiary alicyclic amines) is 1. The van der Waals surface area contributed by atoms with E-state index in [1.165, 1.54) is 4.90 Å². The van der Waals surface area contributed by atoms with E-state index in [0.29, 0.717) is 32.0 Å². The highest BCUT2D eigenvalue weighted by Crippen LogP contribution is 2.52. The molecule has 5 rings (SSSR count). The fourth-order valence-corrected chi connectivity index (χ4v) is 5.61. The van der Waals surface area contributed by atoms with Crippen LogP contribution in [0, 0.1) is 30.6 Å². The summed E-state index contributed by atoms with van der Waals surface area (Å²) in [6.45, 7) is 4.62. The minimum Gasteiger partial charge on any atom is -0.356 e. The van der Waals surface area contributed by atoms with Crippen LogP contribution < -0.4 is 10.6 Å². The zero-order valence-electron chi connectivity index (χ0n) is 19.0. The molecule has 0 radical (unpaired) electrons. The Kier molecular flexibility index (Phi) is 7.06. The summed E-state index contributed by atoms with van der Waals surface area (Å²) in [5.74, 6) is 2.08. The molecule has 4 atom stereocenters. The van der Waals surface area contributed by atoms with Gasteiger partial charge in [-0.2, -0.15) is 0 Å². The number of amides is 2. The van der Waals surface area contributed by atoms with Crippen molar-refractivity contribution in [2.75, 3.05) is 26.7 Å². The number of imidazole rings is 1. The topological polar surface area (TPSA) is 91.6 Å². The first-order valence-corrected chi connectivity index (χ1v) is 11.5. The van der Waals surface area contributed by atoms with Crippen LogP contribution in [-0.2, 0) is 16.1 Å². The third-order valence-electron chi connectivity index (χ3n) is 7.11. The third-order valence-corrected chi connectivity index (χ3v) is 7.11. The molecule has 2 N–H and O–H groups in total. The fraction of sp³-hybridized carbons (Fsp3) is 0.500. The summed E-state index contributed by atoms with van der Waals surface area (Å²) in [4.78, 5) is 35.9. The van der Waals surface area contributed by atoms with E-state index in [0.717, 1.165) is 29.8 Å². The Bertz CT molecular complexity index is 1080. The number of hydrogen-bond acceptors (Lipinski definition) is 4. The summed E-state index contributed by atoms with van der Waals surface area (Å²) in [7, 11) is 1.74. The summed E-state index contributed by atoms with van der Waals surface area (Å²) >= 11 is 0. The number of hydrogen-bond donors (Lipinski definition) is 2. The second-order valence-corrected chi connectivity index (χ2v) is 8.91. The minimum absolute atomic E-state index is 0. The Hall–Kier alpha value is -2.43. The van der Waals surface area contributed by atoms with Gasteiger partial charge >= 0.3 is 0 Å². The maximum atomic E-state index is 12.8. The van der Waals surface area contributed by atoms with E-state index < -0.39 is 0 Å². The van der Waals surface area contributed by atoms with Crippen LogP contribution in [0.5, 0.6) is 0 Å². The maximum absolute atomic E-state index is 12.8. The van der Waals surface area contributed by atoms with Crippen molar-refractivity contribution >= 4 is 52.8 Å². The van der Waals surface area contributed by atoms with E-state index in [4.69, 9.17) is 0 Å². The van der Waals surface area contributed by atoms with Crippen molar-refractivity contribution in [1.82, 2.24) is 25.1 Å². The molecule has 1 aliphatic heterocycles. The Labute approximate surface area is 210 Å². The van der Waals surface area contributed by atoms with Gasteiger partial charge in [0.1, 0.15) is 5.82 Å². The molecule has 2 fully saturated rings. The number of para-hydroxylation sites is 2. The summed E-state index contributed by atoms with van der Waals surface area (Å²) in [5.41, 5.74) is 2.13. The molecule has 0 spiro atoms. The van der Waals surface area contributed by atoms with Crippen molar-refractivity contribution in [3.63, 3.8) is 0 Å². The number of aliphatic imine (C=N–C) groups is 1. The lowest BCUT2D eigenvalue weighted by Crippen LogP contribution is -2.41. The summed E-state index contributed by atoms with van der Waals surface area (Å²) in [6.07, 6.45) is 5.93. The number of nitrogens with zero attached hydrogens (tertiary/aromatic N) is 4. The number of halogens is 1. The van der Waals surface area contributed by atoms with Gasteiger partial charge in [-0.3, -0.25) is 19.5 Å². The molecule has 2 aliphatic carbocycles. The molecule has 176 valence electrons. The van der Waals surface area contributed by atoms with Crippen molar-refractivity contribution in [2.24, 2.45) is 28.7 Å². The molecule has 2 amide bonds. The van der Waals surface area contributed by atoms with Crippen molar-refractivity contribution < 1.29 is 9.59 Å². The highest BCUT2D eigenvalue weighted by atomic mass is 127. The molecule has 9 heteroatoms. The van der Waals surface area contributed by atoms with E-state index in [9.17, 15) is 9.59 Å². The molecular weight excluding hydrogens is 531 g/mol. The zero-order valence-corrected chi connectivity index (χ0v) is 21.4. The van der Waals surface area contributed by atoms with Crippen molar-refractivity contribution in [3.8, 4) is 0 Å². The van der Waals surface area contributed by atoms with Crippen molar-refractivity contribution in [2.45, 2.75) is 26.3 Å². The van der Waals surface area contributed by atoms with Crippen LogP contribution >= 0.6 is 24.0 Å². The van der Waals surface area contributed by atoms with Gasteiger partial charge in [-0.1, -0.05) is 24.3 Å². The van der Waals surface area contributed by atoms with Crippen LogP contribution in [0.4, 0.5) is 0 Å². The summed E-state index contributed by atoms with van der Waals surface area (Å²) in [5, 5.41) is 6.62. The van der Waals surface area contributed by atoms with Crippen molar-refractivity contribution in [3.05, 3.63) is 42.2 Å². The van der Waals surface area contributed by atoms with Crippen LogP contribution in [0.15, 0.2) is 41.4 Å². The van der Waals surface area contributed by atoms with Gasteiger partial charge in [0.05, 0.1) is 22.9 Å². The van der Waals surface area contributed by atoms with E-state index in [-0.39, 0.29) is 59.5 Å². The number of benzene rings is 1. The summed E-state index contributed by atoms with van der Waals surface area (Å²) in [6, 6.07) is 8.13. The molecule has 2 bridgehead atoms. The second kappa shape index (κ2) is 9.82. The van der Waals surface area contributed by atoms with E-state index in [2.05, 4.69) is 43.4 Å². The Morgan fingerprint density at radius 1 is 1.06 bits per heavy atom. The van der Waals surface area contributed by atoms with Gasteiger partial charge in [0.2, 0.25) is 11.8 Å². The monoisotopic (exact) mass is 562 g/mol. The lowest BCUT2D eigenvalue weighted by Gasteiger charge is -2.18. The molecule has 4 unspecified atom stereocenters. The second-order valence-electron chi connectivity index (χ2n) is 8.91. The van der Waals surface area contributed by atoms with E-state index in [1.54, 1.807) is 7.05 Å². The molecule has 33 heavy (non-hydrogen) atoms. The molecule has 1 saturated carbocycles. The van der Waals surface area contributed by atoms with Crippen LogP contribution in [0.3, 0.4) is 0 Å². The van der Waals surface area contributed by atoms with E-state index in [1.807, 2.05) is 25.1 Å². The van der Waals surface area contributed by atoms with Gasteiger partial charge in [0.15, 0.2) is 5.96 Å². The number of allylic oxidation sites excluding steroid dienone is 2. The lowest BCUT2D eigenvalue weighted by atomic mass is 9.85. The smallest absolute Gasteiger partial charge is 0.233 e. The first-order chi connectivity index (χ1) is 15.6. The van der Waals surface area contributed by atoms with Gasteiger partial charge in [0.25, 0.3) is 0 Å². The zero-order chi connectivity index (χ0) is 22.2. The average molecular weight is 562 g/mol. The molecule has 2 heterocycles. The first kappa shape index (κ1) is 23.7. The average Bonchev–Trinajstić information content (AvgIpc) is 3.54. The predicted octanol–water partition coefficient (Wildman–Crippen LogP) is 2.32. The standard InChI is InChI=1S/C24H30N6O2.HI/c1-15-28-18-6-3-4-7-19(18)29(15)13-11-27-24(25-2)26-10-5-12-30-22(31)20-16-8-9-17(14-16)21(20)23(30)32;/h3-4,6-9,16-17,20-21H,5,10-14H2,1-2H3,(H2,25,26,27);1H. The third kappa shape index (κ3) is 4.27.